The van der Waals surface area contributed by atoms with Gasteiger partial charge in [0.1, 0.15) is 22.3 Å². The maximum atomic E-state index is 7.32. The van der Waals surface area contributed by atoms with E-state index in [9.17, 15) is 0 Å². The molecular weight excluding hydrogens is 917 g/mol. The Bertz CT molecular complexity index is 4620. The van der Waals surface area contributed by atoms with Gasteiger partial charge in [-0.3, -0.25) is 0 Å². The predicted molar refractivity (Wildman–Crippen MR) is 307 cm³/mol. The Morgan fingerprint density at radius 1 is 0.267 bits per heavy atom. The highest BCUT2D eigenvalue weighted by molar-refractivity contribution is 6.20. The molecule has 6 nitrogen and oxygen atoms in total. The minimum absolute atomic E-state index is 0.519. The number of benzene rings is 11. The fourth-order valence-electron chi connectivity index (χ4n) is 11.1. The quantitative estimate of drug-likeness (QED) is 0.152. The maximum Gasteiger partial charge on any atom is 0.167 e. The van der Waals surface area contributed by atoms with Crippen LogP contribution in [0.15, 0.2) is 264 Å². The van der Waals surface area contributed by atoms with Crippen LogP contribution in [0.3, 0.4) is 0 Å². The van der Waals surface area contributed by atoms with E-state index in [0.29, 0.717) is 23.1 Å². The first-order valence-electron chi connectivity index (χ1n) is 25.2. The van der Waals surface area contributed by atoms with E-state index in [1.807, 2.05) is 66.7 Å². The monoisotopic (exact) mass is 958 g/mol. The maximum absolute atomic E-state index is 7.32. The van der Waals surface area contributed by atoms with Gasteiger partial charge in [-0.1, -0.05) is 194 Å². The molecule has 0 unspecified atom stereocenters. The predicted octanol–water partition coefficient (Wildman–Crippen LogP) is 18.4. The van der Waals surface area contributed by atoms with Gasteiger partial charge < -0.3 is 13.4 Å². The van der Waals surface area contributed by atoms with Crippen molar-refractivity contribution >= 4 is 65.7 Å². The van der Waals surface area contributed by atoms with Crippen LogP contribution in [0.4, 0.5) is 0 Å². The minimum Gasteiger partial charge on any atom is -0.456 e. The van der Waals surface area contributed by atoms with Gasteiger partial charge in [0.2, 0.25) is 0 Å². The third-order valence-corrected chi connectivity index (χ3v) is 14.7. The molecule has 0 spiro atoms. The van der Waals surface area contributed by atoms with E-state index >= 15 is 0 Å². The molecule has 0 fully saturated rings. The summed E-state index contributed by atoms with van der Waals surface area (Å²) in [6.45, 7) is 0. The Morgan fingerprint density at radius 3 is 1.52 bits per heavy atom. The molecule has 0 atom stereocenters. The highest BCUT2D eigenvalue weighted by atomic mass is 16.3. The van der Waals surface area contributed by atoms with Crippen LogP contribution in [0.1, 0.15) is 0 Å². The molecule has 0 saturated carbocycles. The highest BCUT2D eigenvalue weighted by Crippen LogP contribution is 2.47. The second kappa shape index (κ2) is 17.3. The van der Waals surface area contributed by atoms with Crippen molar-refractivity contribution in [1.82, 2.24) is 19.5 Å². The summed E-state index contributed by atoms with van der Waals surface area (Å²) < 4.78 is 16.5. The van der Waals surface area contributed by atoms with Crippen molar-refractivity contribution in [3.63, 3.8) is 0 Å². The Balaban J connectivity index is 0.950. The lowest BCUT2D eigenvalue weighted by atomic mass is 9.92. The van der Waals surface area contributed by atoms with Gasteiger partial charge >= 0.3 is 0 Å². The molecule has 0 aliphatic rings. The average Bonchev–Trinajstić information content (AvgIpc) is 4.17. The molecule has 0 saturated heterocycles. The van der Waals surface area contributed by atoms with E-state index in [4.69, 9.17) is 23.8 Å². The number of fused-ring (bicyclic) bond motifs is 9. The SMILES string of the molecule is c1ccc(-c2cc(-c3ccccc3)c3oc4c(-c5nc(-c6ccccc6)nc(-c6ccccc6)n5)ccc(-c5ccc6c(c5)oc5ccc(-n7c8ccccc8c8ccc(-c9ccccc9)cc87)cc56)c4c3c2)cc1. The first kappa shape index (κ1) is 42.5. The first-order chi connectivity index (χ1) is 37.2. The number of nitrogens with zero attached hydrogens (tertiary/aromatic N) is 4. The Kier molecular flexibility index (Phi) is 9.78. The third kappa shape index (κ3) is 7.14. The fourth-order valence-corrected chi connectivity index (χ4v) is 11.1. The van der Waals surface area contributed by atoms with Crippen LogP contribution in [0.25, 0.3) is 150 Å². The van der Waals surface area contributed by atoms with Crippen molar-refractivity contribution in [2.24, 2.45) is 0 Å². The number of hydrogen-bond acceptors (Lipinski definition) is 5. The van der Waals surface area contributed by atoms with Gasteiger partial charge in [0.15, 0.2) is 17.5 Å². The number of furan rings is 2. The average molecular weight is 959 g/mol. The second-order valence-electron chi connectivity index (χ2n) is 19.1. The van der Waals surface area contributed by atoms with Crippen LogP contribution >= 0.6 is 0 Å². The lowest BCUT2D eigenvalue weighted by Crippen LogP contribution is -2.00. The van der Waals surface area contributed by atoms with E-state index in [2.05, 4.69) is 193 Å². The zero-order valence-corrected chi connectivity index (χ0v) is 40.4. The molecule has 15 rings (SSSR count). The van der Waals surface area contributed by atoms with Gasteiger partial charge in [-0.25, -0.2) is 15.0 Å². The zero-order valence-electron chi connectivity index (χ0n) is 40.4. The Labute approximate surface area is 431 Å². The minimum atomic E-state index is 0.519. The normalized spacial score (nSPS) is 11.7. The summed E-state index contributed by atoms with van der Waals surface area (Å²) in [5.41, 5.74) is 17.6. The molecule has 350 valence electrons. The van der Waals surface area contributed by atoms with Gasteiger partial charge in [0.05, 0.1) is 16.6 Å². The molecular formula is C69H42N4O2. The smallest absolute Gasteiger partial charge is 0.167 e. The van der Waals surface area contributed by atoms with Crippen LogP contribution in [-0.2, 0) is 0 Å². The molecule has 0 aliphatic heterocycles. The van der Waals surface area contributed by atoms with E-state index in [1.165, 1.54) is 21.9 Å². The van der Waals surface area contributed by atoms with Gasteiger partial charge in [-0.2, -0.15) is 0 Å². The highest BCUT2D eigenvalue weighted by Gasteiger charge is 2.24. The molecule has 0 amide bonds. The van der Waals surface area contributed by atoms with Crippen molar-refractivity contribution < 1.29 is 8.83 Å². The topological polar surface area (TPSA) is 69.9 Å². The van der Waals surface area contributed by atoms with Gasteiger partial charge in [0.25, 0.3) is 0 Å². The van der Waals surface area contributed by atoms with Gasteiger partial charge in [0, 0.05) is 54.7 Å². The van der Waals surface area contributed by atoms with Crippen molar-refractivity contribution in [2.45, 2.75) is 0 Å². The molecule has 0 bridgehead atoms. The molecule has 4 aromatic heterocycles. The molecule has 11 aromatic carbocycles. The van der Waals surface area contributed by atoms with Crippen LogP contribution in [0.5, 0.6) is 0 Å². The summed E-state index contributed by atoms with van der Waals surface area (Å²) >= 11 is 0. The van der Waals surface area contributed by atoms with Gasteiger partial charge in [-0.15, -0.1) is 0 Å². The molecule has 4 heterocycles. The molecule has 0 aliphatic carbocycles. The fraction of sp³-hybridized carbons (Fsp3) is 0. The summed E-state index contributed by atoms with van der Waals surface area (Å²) in [7, 11) is 0. The summed E-state index contributed by atoms with van der Waals surface area (Å²) in [5.74, 6) is 1.68. The number of aromatic nitrogens is 4. The summed E-state index contributed by atoms with van der Waals surface area (Å²) in [6, 6.07) is 89.3. The molecule has 0 radical (unpaired) electrons. The van der Waals surface area contributed by atoms with E-state index < -0.39 is 0 Å². The summed E-state index contributed by atoms with van der Waals surface area (Å²) in [4.78, 5) is 15.5. The van der Waals surface area contributed by atoms with Crippen molar-refractivity contribution in [1.29, 1.82) is 0 Å². The molecule has 15 aromatic rings. The Morgan fingerprint density at radius 2 is 0.827 bits per heavy atom. The Hall–Kier alpha value is -10.2. The first-order valence-corrected chi connectivity index (χ1v) is 25.2. The number of para-hydroxylation sites is 1. The van der Waals surface area contributed by atoms with E-state index in [1.54, 1.807) is 0 Å². The van der Waals surface area contributed by atoms with Crippen molar-refractivity contribution in [3.05, 3.63) is 255 Å². The van der Waals surface area contributed by atoms with Gasteiger partial charge in [-0.05, 0) is 99.6 Å². The van der Waals surface area contributed by atoms with E-state index in [-0.39, 0.29) is 0 Å². The van der Waals surface area contributed by atoms with E-state index in [0.717, 1.165) is 105 Å². The number of hydrogen-bond donors (Lipinski definition) is 0. The van der Waals surface area contributed by atoms with Crippen LogP contribution in [0, 0.1) is 0 Å². The second-order valence-corrected chi connectivity index (χ2v) is 19.1. The van der Waals surface area contributed by atoms with Crippen molar-refractivity contribution in [2.75, 3.05) is 0 Å². The molecule has 0 N–H and O–H groups in total. The summed E-state index contributed by atoms with van der Waals surface area (Å²) in [6.07, 6.45) is 0. The zero-order chi connectivity index (χ0) is 49.4. The summed E-state index contributed by atoms with van der Waals surface area (Å²) in [5, 5.41) is 6.46. The van der Waals surface area contributed by atoms with Crippen LogP contribution in [0.2, 0.25) is 0 Å². The lowest BCUT2D eigenvalue weighted by molar-refractivity contribution is 0.668. The van der Waals surface area contributed by atoms with Crippen LogP contribution < -0.4 is 0 Å². The molecule has 75 heavy (non-hydrogen) atoms. The van der Waals surface area contributed by atoms with Crippen LogP contribution in [-0.4, -0.2) is 19.5 Å². The van der Waals surface area contributed by atoms with Crippen molar-refractivity contribution in [3.8, 4) is 84.4 Å². The molecule has 6 heteroatoms. The third-order valence-electron chi connectivity index (χ3n) is 14.7. The largest absolute Gasteiger partial charge is 0.456 e. The standard InChI is InChI=1S/C69H42N4O2/c1-6-18-43(19-7-1)48-30-33-54-53-28-16-17-29-60(53)73(61(54)40-48)51-32-37-62-58(42-51)55-34-31-49(41-63(55)74-62)52-35-36-56(69-71-67(46-24-12-4-13-25-46)70-68(72-69)47-26-14-5-15-27-47)66-64(52)59-39-50(44-20-8-2-9-21-44)38-57(65(59)75-66)45-22-10-3-11-23-45/h1-42H. The number of rotatable bonds is 8. The lowest BCUT2D eigenvalue weighted by Gasteiger charge is -2.11.